The van der Waals surface area contributed by atoms with E-state index >= 15 is 0 Å². The molecule has 13 aromatic rings. The molecule has 2 nitrogen and oxygen atoms in total. The van der Waals surface area contributed by atoms with Crippen LogP contribution < -0.4 is 4.90 Å². The van der Waals surface area contributed by atoms with Gasteiger partial charge < -0.3 is 9.32 Å². The summed E-state index contributed by atoms with van der Waals surface area (Å²) >= 11 is 1.87. The topological polar surface area (TPSA) is 16.4 Å². The molecule has 0 saturated heterocycles. The first-order valence-electron chi connectivity index (χ1n) is 24.1. The van der Waals surface area contributed by atoms with Gasteiger partial charge in [0.1, 0.15) is 11.2 Å². The van der Waals surface area contributed by atoms with E-state index in [-0.39, 0.29) is 5.41 Å². The number of furan rings is 1. The molecule has 2 aromatic heterocycles. The van der Waals surface area contributed by atoms with Crippen LogP contribution in [-0.4, -0.2) is 0 Å². The van der Waals surface area contributed by atoms with Crippen LogP contribution in [0.15, 0.2) is 241 Å². The maximum Gasteiger partial charge on any atom is 0.145 e. The van der Waals surface area contributed by atoms with Gasteiger partial charge in [0.2, 0.25) is 0 Å². The van der Waals surface area contributed by atoms with E-state index in [4.69, 9.17) is 4.42 Å². The van der Waals surface area contributed by atoms with E-state index in [2.05, 4.69) is 255 Å². The fraction of sp³-hybridized carbons (Fsp3) is 0.0448. The highest BCUT2D eigenvalue weighted by Gasteiger charge is 2.35. The van der Waals surface area contributed by atoms with Gasteiger partial charge in [-0.05, 0) is 127 Å². The van der Waals surface area contributed by atoms with Crippen LogP contribution in [0, 0.1) is 0 Å². The second-order valence-electron chi connectivity index (χ2n) is 19.2. The highest BCUT2D eigenvalue weighted by molar-refractivity contribution is 7.26. The van der Waals surface area contributed by atoms with Gasteiger partial charge in [0.25, 0.3) is 0 Å². The molecule has 330 valence electrons. The standard InChI is InChI=1S/C67H45NOS/c1-67(2)58-21-10-8-17-53(58)54-37-31-48(41-59(54)67)44-23-25-47(26-24-44)63-60(39-38-57-64-51-16-7-6-15-45(51)32-40-61(64)69-65(57)63)68(49-33-27-43(28-34-49)42-13-4-3-5-14-42)50-35-29-46(30-36-50)52-19-12-20-56-55-18-9-11-22-62(55)70-66(52)56/h3-41H,1-2H3. The molecular weight excluding hydrogens is 867 g/mol. The molecule has 14 rings (SSSR count). The molecule has 0 spiro atoms. The highest BCUT2D eigenvalue weighted by Crippen LogP contribution is 2.51. The lowest BCUT2D eigenvalue weighted by Crippen LogP contribution is -2.14. The van der Waals surface area contributed by atoms with E-state index in [1.165, 1.54) is 86.6 Å². The SMILES string of the molecule is CC1(C)c2ccccc2-c2ccc(-c3ccc(-c4c(N(c5ccc(-c6ccccc6)cc5)c5ccc(-c6cccc7c6sc6ccccc67)cc5)ccc5c4oc4ccc6ccccc6c45)cc3)cc21. The van der Waals surface area contributed by atoms with Gasteiger partial charge >= 0.3 is 0 Å². The number of hydrogen-bond acceptors (Lipinski definition) is 3. The molecule has 0 N–H and O–H groups in total. The minimum atomic E-state index is -0.0786. The van der Waals surface area contributed by atoms with E-state index in [9.17, 15) is 0 Å². The monoisotopic (exact) mass is 911 g/mol. The lowest BCUT2D eigenvalue weighted by molar-refractivity contribution is 0.660. The van der Waals surface area contributed by atoms with Gasteiger partial charge in [0.05, 0.1) is 5.69 Å². The lowest BCUT2D eigenvalue weighted by Gasteiger charge is -2.28. The van der Waals surface area contributed by atoms with Crippen molar-refractivity contribution in [1.82, 2.24) is 0 Å². The van der Waals surface area contributed by atoms with Crippen molar-refractivity contribution in [3.05, 3.63) is 248 Å². The average molecular weight is 912 g/mol. The summed E-state index contributed by atoms with van der Waals surface area (Å²) < 4.78 is 9.74. The summed E-state index contributed by atoms with van der Waals surface area (Å²) in [5.74, 6) is 0. The molecule has 3 heteroatoms. The molecule has 0 atom stereocenters. The maximum absolute atomic E-state index is 7.12. The molecular formula is C67H45NOS. The summed E-state index contributed by atoms with van der Waals surface area (Å²) in [6.07, 6.45) is 0. The Kier molecular flexibility index (Phi) is 9.14. The zero-order valence-corrected chi connectivity index (χ0v) is 39.6. The second kappa shape index (κ2) is 15.8. The van der Waals surface area contributed by atoms with Crippen molar-refractivity contribution < 1.29 is 4.42 Å². The zero-order chi connectivity index (χ0) is 46.5. The first-order valence-corrected chi connectivity index (χ1v) is 25.0. The second-order valence-corrected chi connectivity index (χ2v) is 20.2. The van der Waals surface area contributed by atoms with Crippen molar-refractivity contribution in [1.29, 1.82) is 0 Å². The van der Waals surface area contributed by atoms with Crippen molar-refractivity contribution in [3.63, 3.8) is 0 Å². The normalized spacial score (nSPS) is 12.8. The van der Waals surface area contributed by atoms with Gasteiger partial charge in [0, 0.05) is 53.3 Å². The summed E-state index contributed by atoms with van der Waals surface area (Å²) in [5.41, 5.74) is 19.6. The number of nitrogens with zero attached hydrogens (tertiary/aromatic N) is 1. The summed E-state index contributed by atoms with van der Waals surface area (Å²) in [5, 5.41) is 7.23. The molecule has 0 fully saturated rings. The van der Waals surface area contributed by atoms with E-state index in [1.807, 2.05) is 11.3 Å². The number of thiophene rings is 1. The van der Waals surface area contributed by atoms with Gasteiger partial charge in [-0.15, -0.1) is 11.3 Å². The van der Waals surface area contributed by atoms with Gasteiger partial charge in [-0.1, -0.05) is 196 Å². The molecule has 70 heavy (non-hydrogen) atoms. The highest BCUT2D eigenvalue weighted by atomic mass is 32.1. The average Bonchev–Trinajstić information content (AvgIpc) is 4.07. The first-order chi connectivity index (χ1) is 34.5. The van der Waals surface area contributed by atoms with Crippen LogP contribution in [0.4, 0.5) is 17.1 Å². The van der Waals surface area contributed by atoms with Gasteiger partial charge in [-0.3, -0.25) is 0 Å². The Bertz CT molecular complexity index is 4180. The Morgan fingerprint density at radius 1 is 0.400 bits per heavy atom. The third-order valence-corrected chi connectivity index (χ3v) is 16.1. The van der Waals surface area contributed by atoms with Crippen LogP contribution in [0.5, 0.6) is 0 Å². The van der Waals surface area contributed by atoms with Crippen LogP contribution >= 0.6 is 11.3 Å². The zero-order valence-electron chi connectivity index (χ0n) is 38.8. The predicted octanol–water partition coefficient (Wildman–Crippen LogP) is 19.6. The fourth-order valence-electron chi connectivity index (χ4n) is 11.4. The van der Waals surface area contributed by atoms with Crippen LogP contribution in [0.3, 0.4) is 0 Å². The molecule has 0 aliphatic heterocycles. The van der Waals surface area contributed by atoms with Crippen molar-refractivity contribution in [2.75, 3.05) is 4.90 Å². The van der Waals surface area contributed by atoms with Crippen LogP contribution in [0.1, 0.15) is 25.0 Å². The molecule has 0 unspecified atom stereocenters. The summed E-state index contributed by atoms with van der Waals surface area (Å²) in [4.78, 5) is 2.41. The summed E-state index contributed by atoms with van der Waals surface area (Å²) in [6, 6.07) is 86.7. The van der Waals surface area contributed by atoms with Crippen LogP contribution in [0.25, 0.3) is 109 Å². The van der Waals surface area contributed by atoms with Crippen molar-refractivity contribution in [3.8, 4) is 55.6 Å². The first kappa shape index (κ1) is 40.6. The van der Waals surface area contributed by atoms with Crippen molar-refractivity contribution >= 4 is 81.3 Å². The molecule has 2 heterocycles. The molecule has 0 saturated carbocycles. The molecule has 1 aliphatic carbocycles. The number of benzene rings is 11. The van der Waals surface area contributed by atoms with E-state index in [1.54, 1.807) is 0 Å². The Labute approximate surface area is 411 Å². The van der Waals surface area contributed by atoms with Crippen molar-refractivity contribution in [2.24, 2.45) is 0 Å². The Balaban J connectivity index is 0.956. The lowest BCUT2D eigenvalue weighted by atomic mass is 9.81. The third kappa shape index (κ3) is 6.32. The minimum absolute atomic E-state index is 0.0786. The smallest absolute Gasteiger partial charge is 0.145 e. The van der Waals surface area contributed by atoms with Gasteiger partial charge in [0.15, 0.2) is 0 Å². The predicted molar refractivity (Wildman–Crippen MR) is 298 cm³/mol. The van der Waals surface area contributed by atoms with Crippen LogP contribution in [0.2, 0.25) is 0 Å². The third-order valence-electron chi connectivity index (χ3n) is 14.9. The maximum atomic E-state index is 7.12. The molecule has 0 amide bonds. The Morgan fingerprint density at radius 3 is 1.81 bits per heavy atom. The quantitative estimate of drug-likeness (QED) is 0.158. The number of fused-ring (bicyclic) bond motifs is 11. The summed E-state index contributed by atoms with van der Waals surface area (Å²) in [6.45, 7) is 4.70. The molecule has 0 radical (unpaired) electrons. The largest absolute Gasteiger partial charge is 0.455 e. The molecule has 1 aliphatic rings. The Morgan fingerprint density at radius 2 is 1.00 bits per heavy atom. The van der Waals surface area contributed by atoms with E-state index in [0.29, 0.717) is 0 Å². The number of hydrogen-bond donors (Lipinski definition) is 0. The van der Waals surface area contributed by atoms with Crippen LogP contribution in [-0.2, 0) is 5.41 Å². The summed E-state index contributed by atoms with van der Waals surface area (Å²) in [7, 11) is 0. The van der Waals surface area contributed by atoms with Crippen molar-refractivity contribution in [2.45, 2.75) is 19.3 Å². The fourth-order valence-corrected chi connectivity index (χ4v) is 12.6. The number of anilines is 3. The minimum Gasteiger partial charge on any atom is -0.455 e. The molecule has 0 bridgehead atoms. The Hall–Kier alpha value is -8.50. The van der Waals surface area contributed by atoms with Gasteiger partial charge in [-0.25, -0.2) is 0 Å². The molecule has 11 aromatic carbocycles. The van der Waals surface area contributed by atoms with E-state index in [0.717, 1.165) is 50.1 Å². The number of rotatable bonds is 7. The van der Waals surface area contributed by atoms with E-state index < -0.39 is 0 Å². The van der Waals surface area contributed by atoms with Gasteiger partial charge in [-0.2, -0.15) is 0 Å².